The number of nitrogens with one attached hydrogen (secondary N) is 1. The van der Waals surface area contributed by atoms with E-state index in [9.17, 15) is 4.79 Å². The van der Waals surface area contributed by atoms with Gasteiger partial charge in [-0.15, -0.1) is 0 Å². The maximum atomic E-state index is 12.9. The van der Waals surface area contributed by atoms with Crippen LogP contribution >= 0.6 is 0 Å². The van der Waals surface area contributed by atoms with Gasteiger partial charge < -0.3 is 10.1 Å². The summed E-state index contributed by atoms with van der Waals surface area (Å²) in [5, 5.41) is 3.45. The van der Waals surface area contributed by atoms with Crippen LogP contribution < -0.4 is 5.32 Å². The first-order valence-electron chi connectivity index (χ1n) is 8.56. The molecule has 4 nitrogen and oxygen atoms in total. The Labute approximate surface area is 129 Å². The summed E-state index contributed by atoms with van der Waals surface area (Å²) in [7, 11) is 1.55. The Morgan fingerprint density at radius 2 is 2.05 bits per heavy atom. The molecule has 0 spiro atoms. The predicted molar refractivity (Wildman–Crippen MR) is 85.1 cm³/mol. The SMILES string of the molecule is COC(=O)C1(N2CCCNCC2)CC(C)CCC1C(C)C. The lowest BCUT2D eigenvalue weighted by molar-refractivity contribution is -0.167. The minimum absolute atomic E-state index is 0.00495. The second-order valence-corrected chi connectivity index (χ2v) is 7.24. The molecule has 0 aromatic carbocycles. The third-order valence-corrected chi connectivity index (χ3v) is 5.49. The van der Waals surface area contributed by atoms with Gasteiger partial charge in [0.15, 0.2) is 0 Å². The van der Waals surface area contributed by atoms with Crippen LogP contribution in [0.3, 0.4) is 0 Å². The molecule has 1 N–H and O–H groups in total. The maximum Gasteiger partial charge on any atom is 0.326 e. The van der Waals surface area contributed by atoms with E-state index in [2.05, 4.69) is 31.0 Å². The van der Waals surface area contributed by atoms with Crippen LogP contribution in [0.1, 0.15) is 46.5 Å². The molecule has 0 radical (unpaired) electrons. The summed E-state index contributed by atoms with van der Waals surface area (Å²) in [6.45, 7) is 10.8. The van der Waals surface area contributed by atoms with Gasteiger partial charge in [0, 0.05) is 19.6 Å². The van der Waals surface area contributed by atoms with Crippen LogP contribution in [-0.2, 0) is 9.53 Å². The molecule has 3 unspecified atom stereocenters. The largest absolute Gasteiger partial charge is 0.468 e. The zero-order valence-corrected chi connectivity index (χ0v) is 14.2. The lowest BCUT2D eigenvalue weighted by atomic mass is 9.64. The third-order valence-electron chi connectivity index (χ3n) is 5.49. The van der Waals surface area contributed by atoms with Crippen LogP contribution in [0.15, 0.2) is 0 Å². The Kier molecular flexibility index (Phi) is 5.67. The smallest absolute Gasteiger partial charge is 0.326 e. The van der Waals surface area contributed by atoms with Gasteiger partial charge >= 0.3 is 5.97 Å². The lowest BCUT2D eigenvalue weighted by Crippen LogP contribution is -2.64. The molecule has 0 aromatic rings. The normalized spacial score (nSPS) is 35.5. The summed E-state index contributed by atoms with van der Waals surface area (Å²) in [5.74, 6) is 1.50. The number of hydrogen-bond donors (Lipinski definition) is 1. The zero-order valence-electron chi connectivity index (χ0n) is 14.2. The van der Waals surface area contributed by atoms with Gasteiger partial charge in [0.05, 0.1) is 7.11 Å². The van der Waals surface area contributed by atoms with E-state index in [1.165, 1.54) is 6.42 Å². The van der Waals surface area contributed by atoms with Crippen molar-refractivity contribution >= 4 is 5.97 Å². The van der Waals surface area contributed by atoms with Gasteiger partial charge in [0.2, 0.25) is 0 Å². The molecule has 1 aliphatic carbocycles. The molecule has 1 saturated heterocycles. The van der Waals surface area contributed by atoms with E-state index >= 15 is 0 Å². The third kappa shape index (κ3) is 3.26. The number of hydrogen-bond acceptors (Lipinski definition) is 4. The first kappa shape index (κ1) is 16.8. The van der Waals surface area contributed by atoms with Gasteiger partial charge in [-0.05, 0) is 43.6 Å². The van der Waals surface area contributed by atoms with E-state index in [1.807, 2.05) is 0 Å². The minimum atomic E-state index is -0.410. The van der Waals surface area contributed by atoms with Gasteiger partial charge in [-0.1, -0.05) is 27.2 Å². The van der Waals surface area contributed by atoms with Crippen molar-refractivity contribution < 1.29 is 9.53 Å². The van der Waals surface area contributed by atoms with Crippen molar-refractivity contribution in [2.45, 2.75) is 52.0 Å². The number of rotatable bonds is 3. The molecule has 0 amide bonds. The van der Waals surface area contributed by atoms with E-state index in [1.54, 1.807) is 7.11 Å². The fraction of sp³-hybridized carbons (Fsp3) is 0.941. The average Bonchev–Trinajstić information content (AvgIpc) is 2.75. The lowest BCUT2D eigenvalue weighted by Gasteiger charge is -2.52. The molecule has 2 aliphatic rings. The highest BCUT2D eigenvalue weighted by Crippen LogP contribution is 2.45. The monoisotopic (exact) mass is 296 g/mol. The van der Waals surface area contributed by atoms with Crippen LogP contribution in [0, 0.1) is 17.8 Å². The highest BCUT2D eigenvalue weighted by atomic mass is 16.5. The van der Waals surface area contributed by atoms with Gasteiger partial charge in [-0.2, -0.15) is 0 Å². The summed E-state index contributed by atoms with van der Waals surface area (Å²) in [6, 6.07) is 0. The van der Waals surface area contributed by atoms with Gasteiger partial charge in [0.25, 0.3) is 0 Å². The summed E-state index contributed by atoms with van der Waals surface area (Å²) in [5.41, 5.74) is -0.410. The number of carbonyl (C=O) groups excluding carboxylic acids is 1. The molecule has 3 atom stereocenters. The number of ether oxygens (including phenoxy) is 1. The average molecular weight is 296 g/mol. The quantitative estimate of drug-likeness (QED) is 0.811. The molecule has 1 aliphatic heterocycles. The van der Waals surface area contributed by atoms with E-state index in [0.29, 0.717) is 17.8 Å². The van der Waals surface area contributed by atoms with Crippen molar-refractivity contribution in [1.82, 2.24) is 10.2 Å². The molecule has 2 rings (SSSR count). The first-order valence-corrected chi connectivity index (χ1v) is 8.56. The van der Waals surface area contributed by atoms with E-state index in [4.69, 9.17) is 4.74 Å². The molecule has 2 fully saturated rings. The van der Waals surface area contributed by atoms with Crippen LogP contribution in [0.25, 0.3) is 0 Å². The summed E-state index contributed by atoms with van der Waals surface area (Å²) < 4.78 is 5.31. The Morgan fingerprint density at radius 3 is 2.71 bits per heavy atom. The summed E-state index contributed by atoms with van der Waals surface area (Å²) in [4.78, 5) is 15.3. The van der Waals surface area contributed by atoms with Crippen molar-refractivity contribution in [1.29, 1.82) is 0 Å². The number of esters is 1. The predicted octanol–water partition coefficient (Wildman–Crippen LogP) is 2.29. The highest BCUT2D eigenvalue weighted by molar-refractivity contribution is 5.81. The van der Waals surface area contributed by atoms with Gasteiger partial charge in [-0.3, -0.25) is 9.69 Å². The maximum absolute atomic E-state index is 12.9. The van der Waals surface area contributed by atoms with Crippen molar-refractivity contribution in [2.24, 2.45) is 17.8 Å². The van der Waals surface area contributed by atoms with Crippen LogP contribution in [0.2, 0.25) is 0 Å². The number of carbonyl (C=O) groups is 1. The van der Waals surface area contributed by atoms with E-state index < -0.39 is 5.54 Å². The van der Waals surface area contributed by atoms with Crippen molar-refractivity contribution in [3.05, 3.63) is 0 Å². The Balaban J connectivity index is 2.38. The van der Waals surface area contributed by atoms with Gasteiger partial charge in [-0.25, -0.2) is 0 Å². The fourth-order valence-electron chi connectivity index (χ4n) is 4.52. The highest BCUT2D eigenvalue weighted by Gasteiger charge is 2.54. The molecule has 0 bridgehead atoms. The second-order valence-electron chi connectivity index (χ2n) is 7.24. The zero-order chi connectivity index (χ0) is 15.5. The second kappa shape index (κ2) is 7.10. The minimum Gasteiger partial charge on any atom is -0.468 e. The van der Waals surface area contributed by atoms with Crippen LogP contribution in [-0.4, -0.2) is 49.7 Å². The number of methoxy groups -OCH3 is 1. The fourth-order valence-corrected chi connectivity index (χ4v) is 4.52. The van der Waals surface area contributed by atoms with E-state index in [-0.39, 0.29) is 5.97 Å². The Morgan fingerprint density at radius 1 is 1.29 bits per heavy atom. The van der Waals surface area contributed by atoms with Crippen LogP contribution in [0.5, 0.6) is 0 Å². The molecule has 0 aromatic heterocycles. The van der Waals surface area contributed by atoms with Crippen LogP contribution in [0.4, 0.5) is 0 Å². The molecule has 4 heteroatoms. The summed E-state index contributed by atoms with van der Waals surface area (Å²) >= 11 is 0. The molecule has 1 saturated carbocycles. The van der Waals surface area contributed by atoms with Crippen molar-refractivity contribution in [3.8, 4) is 0 Å². The molecule has 21 heavy (non-hydrogen) atoms. The Bertz CT molecular complexity index is 351. The van der Waals surface area contributed by atoms with Crippen molar-refractivity contribution in [2.75, 3.05) is 33.3 Å². The summed E-state index contributed by atoms with van der Waals surface area (Å²) in [6.07, 6.45) is 4.42. The molecular formula is C17H32N2O2. The standard InChI is InChI=1S/C17H32N2O2/c1-13(2)15-7-6-14(3)12-17(15,16(20)21-4)19-10-5-8-18-9-11-19/h13-15,18H,5-12H2,1-4H3. The molecule has 1 heterocycles. The number of nitrogens with zero attached hydrogens (tertiary/aromatic N) is 1. The topological polar surface area (TPSA) is 41.6 Å². The first-order chi connectivity index (χ1) is 10.0. The van der Waals surface area contributed by atoms with E-state index in [0.717, 1.165) is 45.4 Å². The molecule has 122 valence electrons. The van der Waals surface area contributed by atoms with Crippen molar-refractivity contribution in [3.63, 3.8) is 0 Å². The van der Waals surface area contributed by atoms with Gasteiger partial charge in [0.1, 0.15) is 5.54 Å². The Hall–Kier alpha value is -0.610. The molecular weight excluding hydrogens is 264 g/mol.